The summed E-state index contributed by atoms with van der Waals surface area (Å²) in [4.78, 5) is 29.3. The van der Waals surface area contributed by atoms with Crippen molar-refractivity contribution in [3.63, 3.8) is 0 Å². The monoisotopic (exact) mass is 482 g/mol. The number of nitrogens with one attached hydrogen (secondary N) is 1. The van der Waals surface area contributed by atoms with Gasteiger partial charge in [-0.1, -0.05) is 36.4 Å². The average molecular weight is 482 g/mol. The van der Waals surface area contributed by atoms with Crippen LogP contribution in [0.3, 0.4) is 0 Å². The number of carbonyl (C=O) groups excluding carboxylic acids is 2. The highest BCUT2D eigenvalue weighted by Gasteiger charge is 2.64. The summed E-state index contributed by atoms with van der Waals surface area (Å²) in [5, 5.41) is 22.7. The van der Waals surface area contributed by atoms with Gasteiger partial charge in [-0.05, 0) is 42.9 Å². The number of Topliss-reactive ketones (excluding diaryl/α,β-unsaturated/α-hetero) is 1. The number of hydrogen-bond acceptors (Lipinski definition) is 5. The second kappa shape index (κ2) is 7.84. The number of alkyl halides is 3. The smallest absolute Gasteiger partial charge is 0.416 e. The number of anilines is 1. The van der Waals surface area contributed by atoms with E-state index in [0.29, 0.717) is 16.8 Å². The zero-order valence-corrected chi connectivity index (χ0v) is 18.5. The van der Waals surface area contributed by atoms with Gasteiger partial charge in [-0.25, -0.2) is 0 Å². The first-order valence-electron chi connectivity index (χ1n) is 10.9. The van der Waals surface area contributed by atoms with E-state index in [9.17, 15) is 33.0 Å². The molecule has 2 heterocycles. The van der Waals surface area contributed by atoms with Crippen molar-refractivity contribution in [3.8, 4) is 11.5 Å². The topological polar surface area (TPSA) is 89.9 Å². The highest BCUT2D eigenvalue weighted by atomic mass is 19.4. The van der Waals surface area contributed by atoms with E-state index < -0.39 is 40.8 Å². The molecule has 2 aliphatic rings. The van der Waals surface area contributed by atoms with Gasteiger partial charge in [0.05, 0.1) is 11.5 Å². The third-order valence-electron chi connectivity index (χ3n) is 7.06. The summed E-state index contributed by atoms with van der Waals surface area (Å²) in [5.41, 5.74) is -0.563. The SMILES string of the molecule is CN1CC(c2ccc(O)c(O)c2)C(C(=O)c2ccc(C(F)(F)F)cc2)C12C(=O)Nc1ccccc12. The van der Waals surface area contributed by atoms with Gasteiger partial charge in [0.1, 0.15) is 5.54 Å². The van der Waals surface area contributed by atoms with E-state index in [1.165, 1.54) is 12.1 Å². The molecule has 3 aromatic rings. The maximum absolute atomic E-state index is 14.0. The molecule has 1 spiro atoms. The van der Waals surface area contributed by atoms with Crippen molar-refractivity contribution in [2.24, 2.45) is 5.92 Å². The lowest BCUT2D eigenvalue weighted by atomic mass is 9.70. The van der Waals surface area contributed by atoms with E-state index in [1.54, 1.807) is 42.3 Å². The Kier molecular flexibility index (Phi) is 5.14. The number of phenolic OH excluding ortho intramolecular Hbond substituents is 2. The molecule has 5 rings (SSSR count). The van der Waals surface area contributed by atoms with Crippen LogP contribution in [0.15, 0.2) is 66.7 Å². The number of aromatic hydroxyl groups is 2. The van der Waals surface area contributed by atoms with E-state index in [2.05, 4.69) is 5.32 Å². The number of halogens is 3. The van der Waals surface area contributed by atoms with Gasteiger partial charge in [-0.3, -0.25) is 14.5 Å². The third-order valence-corrected chi connectivity index (χ3v) is 7.06. The zero-order chi connectivity index (χ0) is 25.1. The van der Waals surface area contributed by atoms with Crippen LogP contribution in [-0.2, 0) is 16.5 Å². The number of amides is 1. The fourth-order valence-corrected chi connectivity index (χ4v) is 5.47. The van der Waals surface area contributed by atoms with Crippen molar-refractivity contribution < 1.29 is 33.0 Å². The molecule has 35 heavy (non-hydrogen) atoms. The van der Waals surface area contributed by atoms with E-state index in [1.807, 2.05) is 0 Å². The molecule has 180 valence electrons. The number of ketones is 1. The van der Waals surface area contributed by atoms with Gasteiger partial charge in [0.2, 0.25) is 5.91 Å². The Morgan fingerprint density at radius 3 is 2.37 bits per heavy atom. The van der Waals surface area contributed by atoms with Gasteiger partial charge in [-0.2, -0.15) is 13.2 Å². The van der Waals surface area contributed by atoms with Crippen molar-refractivity contribution in [1.29, 1.82) is 0 Å². The van der Waals surface area contributed by atoms with Crippen molar-refractivity contribution >= 4 is 17.4 Å². The summed E-state index contributed by atoms with van der Waals surface area (Å²) < 4.78 is 39.3. The first kappa shape index (κ1) is 22.9. The molecular formula is C26H21F3N2O4. The number of carbonyl (C=O) groups is 2. The molecule has 1 fully saturated rings. The number of likely N-dealkylation sites (tertiary alicyclic amines) is 1. The number of likely N-dealkylation sites (N-methyl/N-ethyl adjacent to an activating group) is 1. The van der Waals surface area contributed by atoms with Gasteiger partial charge in [0.15, 0.2) is 17.3 Å². The van der Waals surface area contributed by atoms with E-state index in [0.717, 1.165) is 24.3 Å². The Labute approximate surface area is 198 Å². The Morgan fingerprint density at radius 1 is 1.03 bits per heavy atom. The molecule has 1 saturated heterocycles. The van der Waals surface area contributed by atoms with Crippen LogP contribution in [0.4, 0.5) is 18.9 Å². The predicted octanol–water partition coefficient (Wildman–Crippen LogP) is 4.49. The molecule has 9 heteroatoms. The van der Waals surface area contributed by atoms with Crippen LogP contribution >= 0.6 is 0 Å². The maximum Gasteiger partial charge on any atom is 0.416 e. The number of benzene rings is 3. The molecule has 6 nitrogen and oxygen atoms in total. The lowest BCUT2D eigenvalue weighted by Gasteiger charge is -2.35. The van der Waals surface area contributed by atoms with Crippen LogP contribution in [0.5, 0.6) is 11.5 Å². The first-order valence-corrected chi connectivity index (χ1v) is 10.9. The maximum atomic E-state index is 14.0. The predicted molar refractivity (Wildman–Crippen MR) is 121 cm³/mol. The summed E-state index contributed by atoms with van der Waals surface area (Å²) >= 11 is 0. The van der Waals surface area contributed by atoms with Crippen LogP contribution in [0, 0.1) is 5.92 Å². The summed E-state index contributed by atoms with van der Waals surface area (Å²) in [7, 11) is 1.72. The molecular weight excluding hydrogens is 461 g/mol. The average Bonchev–Trinajstić information content (AvgIpc) is 3.29. The van der Waals surface area contributed by atoms with Crippen molar-refractivity contribution in [2.75, 3.05) is 18.9 Å². The molecule has 1 amide bonds. The molecule has 0 aliphatic carbocycles. The van der Waals surface area contributed by atoms with Crippen LogP contribution < -0.4 is 5.32 Å². The molecule has 0 saturated carbocycles. The largest absolute Gasteiger partial charge is 0.504 e. The Hall–Kier alpha value is -3.85. The minimum absolute atomic E-state index is 0.0443. The number of hydrogen-bond donors (Lipinski definition) is 3. The van der Waals surface area contributed by atoms with E-state index in [-0.39, 0.29) is 23.6 Å². The van der Waals surface area contributed by atoms with Gasteiger partial charge < -0.3 is 15.5 Å². The van der Waals surface area contributed by atoms with Crippen LogP contribution in [0.1, 0.15) is 33.0 Å². The minimum Gasteiger partial charge on any atom is -0.504 e. The summed E-state index contributed by atoms with van der Waals surface area (Å²) in [6.07, 6.45) is -4.55. The van der Waals surface area contributed by atoms with Gasteiger partial charge >= 0.3 is 6.18 Å². The minimum atomic E-state index is -4.55. The van der Waals surface area contributed by atoms with E-state index in [4.69, 9.17) is 0 Å². The highest BCUT2D eigenvalue weighted by Crippen LogP contribution is 2.56. The first-order chi connectivity index (χ1) is 16.5. The number of phenols is 2. The quantitative estimate of drug-likeness (QED) is 0.378. The second-order valence-electron chi connectivity index (χ2n) is 8.92. The molecule has 3 aromatic carbocycles. The fourth-order valence-electron chi connectivity index (χ4n) is 5.47. The van der Waals surface area contributed by atoms with Crippen LogP contribution in [0.2, 0.25) is 0 Å². The normalized spacial score (nSPS) is 23.9. The number of fused-ring (bicyclic) bond motifs is 2. The molecule has 3 atom stereocenters. The van der Waals surface area contributed by atoms with Crippen LogP contribution in [0.25, 0.3) is 0 Å². The molecule has 3 unspecified atom stereocenters. The summed E-state index contributed by atoms with van der Waals surface area (Å²) in [5.74, 6) is -3.22. The van der Waals surface area contributed by atoms with Gasteiger partial charge in [-0.15, -0.1) is 0 Å². The Morgan fingerprint density at radius 2 is 1.71 bits per heavy atom. The molecule has 0 aromatic heterocycles. The zero-order valence-electron chi connectivity index (χ0n) is 18.5. The lowest BCUT2D eigenvalue weighted by molar-refractivity contribution is -0.137. The second-order valence-corrected chi connectivity index (χ2v) is 8.92. The lowest BCUT2D eigenvalue weighted by Crippen LogP contribution is -2.51. The summed E-state index contributed by atoms with van der Waals surface area (Å²) in [6.45, 7) is 0.253. The highest BCUT2D eigenvalue weighted by molar-refractivity contribution is 6.12. The number of nitrogens with zero attached hydrogens (tertiary/aromatic N) is 1. The standard InChI is InChI=1S/C26H21F3N2O4/c1-31-13-17(15-8-11-20(32)21(33)12-15)22(23(34)14-6-9-16(10-7-14)26(27,28)29)25(31)18-4-2-3-5-19(18)30-24(25)35/h2-12,17,22,32-33H,13H2,1H3,(H,30,35). The number of para-hydroxylation sites is 1. The number of rotatable bonds is 3. The fraction of sp³-hybridized carbons (Fsp3) is 0.231. The Bertz CT molecular complexity index is 1340. The molecule has 3 N–H and O–H groups in total. The summed E-state index contributed by atoms with van der Waals surface area (Å²) in [6, 6.07) is 15.2. The third kappa shape index (κ3) is 3.37. The van der Waals surface area contributed by atoms with Crippen molar-refractivity contribution in [1.82, 2.24) is 4.90 Å². The molecule has 0 radical (unpaired) electrons. The van der Waals surface area contributed by atoms with E-state index >= 15 is 0 Å². The van der Waals surface area contributed by atoms with Crippen molar-refractivity contribution in [3.05, 3.63) is 89.0 Å². The van der Waals surface area contributed by atoms with Crippen LogP contribution in [-0.4, -0.2) is 40.4 Å². The molecule has 2 aliphatic heterocycles. The molecule has 0 bridgehead atoms. The Balaban J connectivity index is 1.68. The van der Waals surface area contributed by atoms with Crippen molar-refractivity contribution in [2.45, 2.75) is 17.6 Å². The van der Waals surface area contributed by atoms with Gasteiger partial charge in [0, 0.05) is 29.3 Å². The van der Waals surface area contributed by atoms with Gasteiger partial charge in [0.25, 0.3) is 0 Å².